The number of fused-ring (bicyclic) bond motifs is 1. The molecular weight excluding hydrogens is 574 g/mol. The number of ether oxygens (including phenoxy) is 5. The summed E-state index contributed by atoms with van der Waals surface area (Å²) in [5, 5.41) is 0. The number of hydrogen-bond donors (Lipinski definition) is 0. The molecule has 2 amide bonds. The van der Waals surface area contributed by atoms with Crippen molar-refractivity contribution in [2.24, 2.45) is 0 Å². The van der Waals surface area contributed by atoms with Gasteiger partial charge >= 0.3 is 11.9 Å². The second kappa shape index (κ2) is 13.4. The number of hydrogen-bond acceptors (Lipinski definition) is 10. The Labute approximate surface area is 253 Å². The summed E-state index contributed by atoms with van der Waals surface area (Å²) in [5.41, 5.74) is 0.368. The van der Waals surface area contributed by atoms with Gasteiger partial charge in [0.2, 0.25) is 0 Å². The monoisotopic (exact) mass is 605 g/mol. The van der Waals surface area contributed by atoms with E-state index in [1.807, 2.05) is 42.5 Å². The first-order valence-electron chi connectivity index (χ1n) is 13.7. The quantitative estimate of drug-likeness (QED) is 0.245. The zero-order valence-corrected chi connectivity index (χ0v) is 24.7. The maximum Gasteiger partial charge on any atom is 0.303 e. The lowest BCUT2D eigenvalue weighted by molar-refractivity contribution is -0.219. The lowest BCUT2D eigenvalue weighted by Crippen LogP contribution is -2.66. The van der Waals surface area contributed by atoms with Crippen LogP contribution >= 0.6 is 11.8 Å². The fourth-order valence-corrected chi connectivity index (χ4v) is 6.34. The molecule has 3 aromatic carbocycles. The molecule has 0 saturated carbocycles. The molecule has 0 unspecified atom stereocenters. The molecule has 1 saturated heterocycles. The minimum Gasteiger partial charge on any atom is -0.497 e. The van der Waals surface area contributed by atoms with Crippen LogP contribution in [0.1, 0.15) is 40.1 Å². The molecule has 0 aromatic heterocycles. The summed E-state index contributed by atoms with van der Waals surface area (Å²) in [4.78, 5) is 53.8. The number of thioether (sulfide) groups is 1. The van der Waals surface area contributed by atoms with E-state index in [2.05, 4.69) is 0 Å². The van der Waals surface area contributed by atoms with E-state index in [-0.39, 0.29) is 24.3 Å². The van der Waals surface area contributed by atoms with Crippen molar-refractivity contribution < 1.29 is 42.9 Å². The molecule has 0 radical (unpaired) electrons. The highest BCUT2D eigenvalue weighted by molar-refractivity contribution is 7.99. The third-order valence-corrected chi connectivity index (χ3v) is 8.25. The van der Waals surface area contributed by atoms with Crippen LogP contribution in [0.25, 0.3) is 0 Å². The molecule has 1 fully saturated rings. The average molecular weight is 606 g/mol. The molecule has 11 heteroatoms. The Morgan fingerprint density at radius 1 is 0.837 bits per heavy atom. The third kappa shape index (κ3) is 6.74. The summed E-state index contributed by atoms with van der Waals surface area (Å²) in [7, 11) is 1.57. The van der Waals surface area contributed by atoms with Crippen molar-refractivity contribution in [1.29, 1.82) is 0 Å². The summed E-state index contributed by atoms with van der Waals surface area (Å²) in [5.74, 6) is -1.56. The zero-order valence-electron chi connectivity index (χ0n) is 23.8. The van der Waals surface area contributed by atoms with Gasteiger partial charge in [0.1, 0.15) is 36.0 Å². The Hall–Kier alpha value is -4.19. The van der Waals surface area contributed by atoms with Crippen molar-refractivity contribution in [2.45, 2.75) is 55.1 Å². The van der Waals surface area contributed by atoms with Gasteiger partial charge in [-0.15, -0.1) is 0 Å². The molecule has 10 nitrogen and oxygen atoms in total. The van der Waals surface area contributed by atoms with Crippen LogP contribution in [-0.2, 0) is 35.1 Å². The van der Waals surface area contributed by atoms with E-state index in [1.165, 1.54) is 25.6 Å². The highest BCUT2D eigenvalue weighted by Gasteiger charge is 2.56. The first-order chi connectivity index (χ1) is 20.8. The van der Waals surface area contributed by atoms with Gasteiger partial charge in [0, 0.05) is 18.7 Å². The van der Waals surface area contributed by atoms with Crippen molar-refractivity contribution >= 4 is 35.5 Å². The number of esters is 2. The SMILES string of the molecule is COc1ccc(CO[C@H]2[C@H](OC(C)=O)[C@@H](N3C(=O)c4ccccc4C3=O)[C@H](Sc3ccccc3)O[C@@H]2COC(C)=O)cc1. The standard InChI is InChI=1S/C32H31NO9S/c1-19(34)39-18-26-28(40-17-21-13-15-22(38-3)16-14-21)29(41-20(2)35)27(32(42-26)43-23-9-5-4-6-10-23)33-30(36)24-11-7-8-12-25(24)31(33)37/h4-16,26-29,32H,17-18H2,1-3H3/t26-,27-,28-,29-,32+/m1/s1. The number of imide groups is 1. The summed E-state index contributed by atoms with van der Waals surface area (Å²) in [6.07, 6.45) is -3.08. The van der Waals surface area contributed by atoms with Gasteiger partial charge in [-0.05, 0) is 42.0 Å². The Kier molecular flexibility index (Phi) is 9.44. The van der Waals surface area contributed by atoms with E-state index in [0.717, 1.165) is 15.4 Å². The van der Waals surface area contributed by atoms with Gasteiger partial charge in [-0.1, -0.05) is 54.2 Å². The fraction of sp³-hybridized carbons (Fsp3) is 0.312. The van der Waals surface area contributed by atoms with Crippen LogP contribution in [0, 0.1) is 0 Å². The number of methoxy groups -OCH3 is 1. The maximum absolute atomic E-state index is 13.8. The Morgan fingerprint density at radius 3 is 2.05 bits per heavy atom. The topological polar surface area (TPSA) is 118 Å². The molecule has 224 valence electrons. The van der Waals surface area contributed by atoms with Gasteiger partial charge < -0.3 is 23.7 Å². The molecule has 2 aliphatic rings. The van der Waals surface area contributed by atoms with Crippen LogP contribution in [0.2, 0.25) is 0 Å². The molecule has 3 aromatic rings. The normalized spacial score (nSPS) is 23.0. The van der Waals surface area contributed by atoms with Crippen molar-refractivity contribution in [3.8, 4) is 5.75 Å². The highest BCUT2D eigenvalue weighted by Crippen LogP contribution is 2.41. The molecule has 2 aliphatic heterocycles. The molecular formula is C32H31NO9S. The van der Waals surface area contributed by atoms with Gasteiger partial charge in [-0.25, -0.2) is 0 Å². The summed E-state index contributed by atoms with van der Waals surface area (Å²) in [6.45, 7) is 2.38. The number of carbonyl (C=O) groups is 4. The van der Waals surface area contributed by atoms with E-state index in [9.17, 15) is 19.2 Å². The number of carbonyl (C=O) groups excluding carboxylic acids is 4. The van der Waals surface area contributed by atoms with Gasteiger partial charge in [-0.2, -0.15) is 0 Å². The van der Waals surface area contributed by atoms with Gasteiger partial charge in [0.25, 0.3) is 11.8 Å². The van der Waals surface area contributed by atoms with E-state index in [0.29, 0.717) is 5.75 Å². The molecule has 5 atom stereocenters. The van der Waals surface area contributed by atoms with Crippen molar-refractivity contribution in [1.82, 2.24) is 4.90 Å². The van der Waals surface area contributed by atoms with E-state index in [4.69, 9.17) is 23.7 Å². The largest absolute Gasteiger partial charge is 0.497 e. The molecule has 0 N–H and O–H groups in total. The highest BCUT2D eigenvalue weighted by atomic mass is 32.2. The van der Waals surface area contributed by atoms with Gasteiger partial charge in [0.15, 0.2) is 6.10 Å². The van der Waals surface area contributed by atoms with Crippen LogP contribution in [0.3, 0.4) is 0 Å². The summed E-state index contributed by atoms with van der Waals surface area (Å²) in [6, 6.07) is 21.9. The fourth-order valence-electron chi connectivity index (χ4n) is 5.15. The van der Waals surface area contributed by atoms with Crippen LogP contribution in [0.4, 0.5) is 0 Å². The van der Waals surface area contributed by atoms with E-state index in [1.54, 1.807) is 43.5 Å². The first kappa shape index (κ1) is 30.3. The van der Waals surface area contributed by atoms with Crippen LogP contribution < -0.4 is 4.74 Å². The summed E-state index contributed by atoms with van der Waals surface area (Å²) >= 11 is 1.26. The van der Waals surface area contributed by atoms with E-state index >= 15 is 0 Å². The molecule has 0 aliphatic carbocycles. The molecule has 0 spiro atoms. The second-order valence-corrected chi connectivity index (χ2v) is 11.2. The number of amides is 2. The Morgan fingerprint density at radius 2 is 1.47 bits per heavy atom. The number of rotatable bonds is 10. The van der Waals surface area contributed by atoms with Crippen LogP contribution in [0.15, 0.2) is 83.8 Å². The molecule has 2 heterocycles. The lowest BCUT2D eigenvalue weighted by atomic mass is 9.95. The zero-order chi connectivity index (χ0) is 30.5. The summed E-state index contributed by atoms with van der Waals surface area (Å²) < 4.78 is 29.3. The molecule has 43 heavy (non-hydrogen) atoms. The predicted octanol–water partition coefficient (Wildman–Crippen LogP) is 4.26. The Balaban J connectivity index is 1.56. The number of benzene rings is 3. The van der Waals surface area contributed by atoms with Gasteiger partial charge in [-0.3, -0.25) is 24.1 Å². The minimum atomic E-state index is -1.16. The minimum absolute atomic E-state index is 0.0672. The second-order valence-electron chi connectivity index (χ2n) is 9.99. The smallest absolute Gasteiger partial charge is 0.303 e. The third-order valence-electron chi connectivity index (χ3n) is 7.09. The van der Waals surface area contributed by atoms with Crippen LogP contribution in [-0.4, -0.2) is 72.2 Å². The molecule has 0 bridgehead atoms. The first-order valence-corrected chi connectivity index (χ1v) is 14.5. The Bertz CT molecular complexity index is 1440. The number of nitrogens with zero attached hydrogens (tertiary/aromatic N) is 1. The van der Waals surface area contributed by atoms with Gasteiger partial charge in [0.05, 0.1) is 24.8 Å². The average Bonchev–Trinajstić information content (AvgIpc) is 3.25. The van der Waals surface area contributed by atoms with Crippen molar-refractivity contribution in [3.05, 3.63) is 95.6 Å². The predicted molar refractivity (Wildman–Crippen MR) is 155 cm³/mol. The van der Waals surface area contributed by atoms with Crippen molar-refractivity contribution in [3.63, 3.8) is 0 Å². The van der Waals surface area contributed by atoms with Crippen LogP contribution in [0.5, 0.6) is 5.75 Å². The van der Waals surface area contributed by atoms with E-state index < -0.39 is 53.5 Å². The maximum atomic E-state index is 13.8. The van der Waals surface area contributed by atoms with Crippen molar-refractivity contribution in [2.75, 3.05) is 13.7 Å². The lowest BCUT2D eigenvalue weighted by Gasteiger charge is -2.47. The molecule has 5 rings (SSSR count).